The van der Waals surface area contributed by atoms with Gasteiger partial charge in [-0.25, -0.2) is 15.0 Å². The maximum absolute atomic E-state index is 4.98. The molecule has 0 fully saturated rings. The van der Waals surface area contributed by atoms with Crippen LogP contribution >= 0.6 is 11.3 Å². The van der Waals surface area contributed by atoms with Crippen molar-refractivity contribution in [3.05, 3.63) is 176 Å². The van der Waals surface area contributed by atoms with Gasteiger partial charge in [0.2, 0.25) is 0 Å². The topological polar surface area (TPSA) is 48.5 Å². The van der Waals surface area contributed by atoms with E-state index in [1.807, 2.05) is 72.0 Å². The van der Waals surface area contributed by atoms with Crippen LogP contribution in [-0.2, 0) is 0 Å². The van der Waals surface area contributed by atoms with Crippen molar-refractivity contribution in [3.63, 3.8) is 0 Å². The SMILES string of the molecule is c1ccc(-c2nc(-c3ccccc3)nc(-c3ccc(-n4c5cc6ccn(-c7ccccc7)c6cc5c5cc6c(cc54)sc4ccccc46)cc3)n2)cc1. The maximum Gasteiger partial charge on any atom is 0.164 e. The molecule has 11 rings (SSSR count). The Morgan fingerprint density at radius 3 is 1.62 bits per heavy atom. The highest BCUT2D eigenvalue weighted by Gasteiger charge is 2.19. The van der Waals surface area contributed by atoms with Gasteiger partial charge in [-0.2, -0.15) is 0 Å². The Bertz CT molecular complexity index is 3080. The molecule has 0 aliphatic heterocycles. The van der Waals surface area contributed by atoms with Crippen molar-refractivity contribution in [2.24, 2.45) is 0 Å². The minimum atomic E-state index is 0.641. The number of benzene rings is 7. The van der Waals surface area contributed by atoms with E-state index in [4.69, 9.17) is 15.0 Å². The molecule has 0 bridgehead atoms. The summed E-state index contributed by atoms with van der Waals surface area (Å²) in [6, 6.07) is 59.9. The summed E-state index contributed by atoms with van der Waals surface area (Å²) in [5.41, 5.74) is 8.61. The lowest BCUT2D eigenvalue weighted by Gasteiger charge is -2.11. The summed E-state index contributed by atoms with van der Waals surface area (Å²) in [4.78, 5) is 14.8. The standard InChI is InChI=1S/C47H29N5S/c1-4-12-30(13-5-1)45-48-46(31-14-6-2-7-15-31)50-47(49-45)32-20-22-35(23-21-32)52-41-26-33-24-25-51(34-16-8-3-9-17-34)40(33)28-38(41)37-27-39-36-18-10-11-19-43(36)53-44(39)29-42(37)52/h1-29H. The summed E-state index contributed by atoms with van der Waals surface area (Å²) < 4.78 is 7.28. The normalized spacial score (nSPS) is 11.8. The Morgan fingerprint density at radius 1 is 0.377 bits per heavy atom. The molecule has 0 N–H and O–H groups in total. The van der Waals surface area contributed by atoms with Crippen LogP contribution in [0.4, 0.5) is 0 Å². The van der Waals surface area contributed by atoms with Crippen LogP contribution in [0.15, 0.2) is 176 Å². The Kier molecular flexibility index (Phi) is 6.66. The van der Waals surface area contributed by atoms with Gasteiger partial charge in [-0.1, -0.05) is 97.1 Å². The van der Waals surface area contributed by atoms with E-state index in [0.29, 0.717) is 17.5 Å². The number of thiophene rings is 1. The first-order valence-corrected chi connectivity index (χ1v) is 18.5. The molecule has 6 heteroatoms. The number of para-hydroxylation sites is 1. The van der Waals surface area contributed by atoms with E-state index in [2.05, 4.69) is 125 Å². The van der Waals surface area contributed by atoms with Gasteiger partial charge in [0.15, 0.2) is 17.5 Å². The van der Waals surface area contributed by atoms with Crippen molar-refractivity contribution in [1.82, 2.24) is 24.1 Å². The predicted molar refractivity (Wildman–Crippen MR) is 220 cm³/mol. The van der Waals surface area contributed by atoms with Gasteiger partial charge in [0, 0.05) is 70.6 Å². The molecule has 5 nitrogen and oxygen atoms in total. The zero-order valence-corrected chi connectivity index (χ0v) is 29.2. The first kappa shape index (κ1) is 29.8. The second-order valence-corrected chi connectivity index (χ2v) is 14.4. The molecule has 0 aliphatic carbocycles. The largest absolute Gasteiger partial charge is 0.317 e. The third-order valence-corrected chi connectivity index (χ3v) is 11.3. The maximum atomic E-state index is 4.98. The van der Waals surface area contributed by atoms with Gasteiger partial charge in [-0.3, -0.25) is 0 Å². The second kappa shape index (κ2) is 11.8. The molecule has 7 aromatic carbocycles. The van der Waals surface area contributed by atoms with Crippen molar-refractivity contribution in [3.8, 4) is 45.5 Å². The van der Waals surface area contributed by atoms with Gasteiger partial charge >= 0.3 is 0 Å². The van der Waals surface area contributed by atoms with E-state index in [9.17, 15) is 0 Å². The average molecular weight is 696 g/mol. The van der Waals surface area contributed by atoms with Gasteiger partial charge in [-0.15, -0.1) is 11.3 Å². The Morgan fingerprint density at radius 2 is 0.943 bits per heavy atom. The Balaban J connectivity index is 1.12. The summed E-state index contributed by atoms with van der Waals surface area (Å²) >= 11 is 1.85. The zero-order valence-electron chi connectivity index (χ0n) is 28.4. The number of aromatic nitrogens is 5. The number of hydrogen-bond acceptors (Lipinski definition) is 4. The molecule has 0 amide bonds. The van der Waals surface area contributed by atoms with Crippen LogP contribution in [0.1, 0.15) is 0 Å². The molecule has 0 saturated heterocycles. The quantitative estimate of drug-likeness (QED) is 0.180. The minimum Gasteiger partial charge on any atom is -0.317 e. The van der Waals surface area contributed by atoms with Crippen LogP contribution in [0.2, 0.25) is 0 Å². The number of fused-ring (bicyclic) bond motifs is 7. The van der Waals surface area contributed by atoms with E-state index in [1.165, 1.54) is 52.9 Å². The van der Waals surface area contributed by atoms with Crippen molar-refractivity contribution in [1.29, 1.82) is 0 Å². The lowest BCUT2D eigenvalue weighted by molar-refractivity contribution is 1.07. The molecular formula is C47H29N5S. The number of nitrogens with zero attached hydrogens (tertiary/aromatic N) is 5. The summed E-state index contributed by atoms with van der Waals surface area (Å²) in [6.45, 7) is 0. The van der Waals surface area contributed by atoms with Crippen molar-refractivity contribution < 1.29 is 0 Å². The first-order valence-electron chi connectivity index (χ1n) is 17.7. The Hall–Kier alpha value is -6.89. The van der Waals surface area contributed by atoms with Crippen LogP contribution in [0.3, 0.4) is 0 Å². The second-order valence-electron chi connectivity index (χ2n) is 13.3. The van der Waals surface area contributed by atoms with Crippen LogP contribution < -0.4 is 0 Å². The smallest absolute Gasteiger partial charge is 0.164 e. The molecule has 4 aromatic heterocycles. The molecule has 0 radical (unpaired) electrons. The van der Waals surface area contributed by atoms with Gasteiger partial charge in [-0.05, 0) is 72.8 Å². The molecule has 53 heavy (non-hydrogen) atoms. The van der Waals surface area contributed by atoms with E-state index >= 15 is 0 Å². The van der Waals surface area contributed by atoms with E-state index in [0.717, 1.165) is 28.1 Å². The van der Waals surface area contributed by atoms with Crippen LogP contribution in [0.25, 0.3) is 98.4 Å². The van der Waals surface area contributed by atoms with E-state index < -0.39 is 0 Å². The highest BCUT2D eigenvalue weighted by Crippen LogP contribution is 2.42. The summed E-state index contributed by atoms with van der Waals surface area (Å²) in [6.07, 6.45) is 2.17. The fourth-order valence-electron chi connectivity index (χ4n) is 7.65. The fourth-order valence-corrected chi connectivity index (χ4v) is 8.77. The molecule has 0 spiro atoms. The van der Waals surface area contributed by atoms with Gasteiger partial charge in [0.1, 0.15) is 0 Å². The zero-order chi connectivity index (χ0) is 34.9. The van der Waals surface area contributed by atoms with Crippen LogP contribution in [-0.4, -0.2) is 24.1 Å². The predicted octanol–water partition coefficient (Wildman–Crippen LogP) is 12.3. The third kappa shape index (κ3) is 4.88. The lowest BCUT2D eigenvalue weighted by Crippen LogP contribution is -2.00. The Labute approximate surface area is 308 Å². The third-order valence-electron chi connectivity index (χ3n) is 10.2. The van der Waals surface area contributed by atoms with Crippen molar-refractivity contribution >= 4 is 64.2 Å². The summed E-state index contributed by atoms with van der Waals surface area (Å²) in [5, 5.41) is 6.25. The van der Waals surface area contributed by atoms with E-state index in [1.54, 1.807) is 0 Å². The lowest BCUT2D eigenvalue weighted by atomic mass is 10.1. The highest BCUT2D eigenvalue weighted by molar-refractivity contribution is 7.25. The molecule has 0 atom stereocenters. The average Bonchev–Trinajstić information content (AvgIpc) is 3.91. The molecular weight excluding hydrogens is 667 g/mol. The number of rotatable bonds is 5. The van der Waals surface area contributed by atoms with E-state index in [-0.39, 0.29) is 0 Å². The van der Waals surface area contributed by atoms with Crippen molar-refractivity contribution in [2.75, 3.05) is 0 Å². The summed E-state index contributed by atoms with van der Waals surface area (Å²) in [5.74, 6) is 1.95. The minimum absolute atomic E-state index is 0.641. The van der Waals surface area contributed by atoms with Gasteiger partial charge in [0.25, 0.3) is 0 Å². The van der Waals surface area contributed by atoms with Crippen molar-refractivity contribution in [2.45, 2.75) is 0 Å². The summed E-state index contributed by atoms with van der Waals surface area (Å²) in [7, 11) is 0. The van der Waals surface area contributed by atoms with Crippen LogP contribution in [0, 0.1) is 0 Å². The fraction of sp³-hybridized carbons (Fsp3) is 0. The molecule has 0 saturated carbocycles. The van der Waals surface area contributed by atoms with Gasteiger partial charge in [0.05, 0.1) is 16.6 Å². The molecule has 0 aliphatic rings. The highest BCUT2D eigenvalue weighted by atomic mass is 32.1. The molecule has 4 heterocycles. The monoisotopic (exact) mass is 695 g/mol. The molecule has 11 aromatic rings. The van der Waals surface area contributed by atoms with Gasteiger partial charge < -0.3 is 9.13 Å². The number of hydrogen-bond donors (Lipinski definition) is 0. The molecule has 248 valence electrons. The first-order chi connectivity index (χ1) is 26.2. The van der Waals surface area contributed by atoms with Crippen LogP contribution in [0.5, 0.6) is 0 Å². The molecule has 0 unspecified atom stereocenters.